The third-order valence-corrected chi connectivity index (χ3v) is 3.79. The van der Waals surface area contributed by atoms with Gasteiger partial charge >= 0.3 is 6.03 Å². The molecule has 2 amide bonds. The van der Waals surface area contributed by atoms with Gasteiger partial charge in [0.25, 0.3) is 0 Å². The number of nitrogens with zero attached hydrogens (tertiary/aromatic N) is 4. The number of benzene rings is 1. The van der Waals surface area contributed by atoms with E-state index in [-0.39, 0.29) is 12.5 Å². The van der Waals surface area contributed by atoms with Gasteiger partial charge in [-0.1, -0.05) is 12.1 Å². The maximum Gasteiger partial charge on any atom is 0.322 e. The predicted octanol–water partition coefficient (Wildman–Crippen LogP) is 3.47. The van der Waals surface area contributed by atoms with Crippen molar-refractivity contribution in [2.24, 2.45) is 0 Å². The summed E-state index contributed by atoms with van der Waals surface area (Å²) in [6.07, 6.45) is 5.44. The number of carbonyl (C=O) groups excluding carboxylic acids is 1. The van der Waals surface area contributed by atoms with Gasteiger partial charge in [0.1, 0.15) is 5.76 Å². The Kier molecular flexibility index (Phi) is 5.68. The van der Waals surface area contributed by atoms with Crippen LogP contribution in [0, 0.1) is 11.3 Å². The molecule has 132 valence electrons. The summed E-state index contributed by atoms with van der Waals surface area (Å²) in [5.74, 6) is 0.672. The zero-order chi connectivity index (χ0) is 18.2. The van der Waals surface area contributed by atoms with Crippen LogP contribution >= 0.6 is 0 Å². The average molecular weight is 349 g/mol. The number of furan rings is 1. The number of anilines is 1. The normalized spacial score (nSPS) is 10.3. The molecule has 3 aromatic rings. The summed E-state index contributed by atoms with van der Waals surface area (Å²) in [6, 6.07) is 14.9. The van der Waals surface area contributed by atoms with Crippen LogP contribution in [0.25, 0.3) is 0 Å². The molecule has 1 N–H and O–H groups in total. The molecule has 0 aliphatic rings. The summed E-state index contributed by atoms with van der Waals surface area (Å²) in [4.78, 5) is 14.2. The van der Waals surface area contributed by atoms with E-state index in [0.717, 1.165) is 5.56 Å². The molecule has 26 heavy (non-hydrogen) atoms. The van der Waals surface area contributed by atoms with Crippen LogP contribution in [0.15, 0.2) is 65.5 Å². The summed E-state index contributed by atoms with van der Waals surface area (Å²) in [5.41, 5.74) is 1.72. The fourth-order valence-electron chi connectivity index (χ4n) is 2.56. The number of amides is 2. The predicted molar refractivity (Wildman–Crippen MR) is 96.1 cm³/mol. The standard InChI is InChI=1S/C19H19N5O2/c20-8-3-10-23(15-18-7-2-12-26-18)19(25)22-17-6-1-5-16(13-17)14-24-11-4-9-21-24/h1-2,4-7,9,11-13H,3,10,14-15H2,(H,22,25). The maximum atomic E-state index is 12.6. The second-order valence-corrected chi connectivity index (χ2v) is 5.74. The minimum absolute atomic E-state index is 0.257. The van der Waals surface area contributed by atoms with E-state index in [0.29, 0.717) is 31.1 Å². The quantitative estimate of drug-likeness (QED) is 0.707. The number of nitrogens with one attached hydrogen (secondary N) is 1. The Balaban J connectivity index is 1.67. The van der Waals surface area contributed by atoms with Crippen LogP contribution in [0.3, 0.4) is 0 Å². The Bertz CT molecular complexity index is 866. The number of aromatic nitrogens is 2. The van der Waals surface area contributed by atoms with E-state index in [9.17, 15) is 4.79 Å². The minimum atomic E-state index is -0.270. The number of hydrogen-bond acceptors (Lipinski definition) is 4. The largest absolute Gasteiger partial charge is 0.467 e. The highest BCUT2D eigenvalue weighted by atomic mass is 16.3. The van der Waals surface area contributed by atoms with E-state index in [1.54, 1.807) is 29.5 Å². The molecular formula is C19H19N5O2. The summed E-state index contributed by atoms with van der Waals surface area (Å²) in [7, 11) is 0. The second kappa shape index (κ2) is 8.53. The van der Waals surface area contributed by atoms with Gasteiger partial charge in [0.2, 0.25) is 0 Å². The summed E-state index contributed by atoms with van der Waals surface area (Å²) >= 11 is 0. The molecule has 2 heterocycles. The zero-order valence-electron chi connectivity index (χ0n) is 14.2. The molecule has 0 bridgehead atoms. The van der Waals surface area contributed by atoms with Crippen molar-refractivity contribution in [3.05, 3.63) is 72.4 Å². The molecule has 0 atom stereocenters. The molecule has 0 aliphatic heterocycles. The summed E-state index contributed by atoms with van der Waals surface area (Å²) in [6.45, 7) is 1.27. The lowest BCUT2D eigenvalue weighted by Crippen LogP contribution is -2.35. The summed E-state index contributed by atoms with van der Waals surface area (Å²) in [5, 5.41) is 15.9. The van der Waals surface area contributed by atoms with Gasteiger partial charge in [-0.25, -0.2) is 4.79 Å². The van der Waals surface area contributed by atoms with Crippen molar-refractivity contribution in [1.29, 1.82) is 5.26 Å². The van der Waals surface area contributed by atoms with Gasteiger partial charge in [-0.15, -0.1) is 0 Å². The van der Waals surface area contributed by atoms with Crippen molar-refractivity contribution in [3.63, 3.8) is 0 Å². The van der Waals surface area contributed by atoms with Crippen molar-refractivity contribution in [2.45, 2.75) is 19.5 Å². The molecule has 0 fully saturated rings. The number of hydrogen-bond donors (Lipinski definition) is 1. The van der Waals surface area contributed by atoms with Crippen molar-refractivity contribution in [1.82, 2.24) is 14.7 Å². The molecule has 0 saturated heterocycles. The van der Waals surface area contributed by atoms with Gasteiger partial charge < -0.3 is 14.6 Å². The van der Waals surface area contributed by atoms with E-state index in [2.05, 4.69) is 16.5 Å². The Hall–Kier alpha value is -3.53. The van der Waals surface area contributed by atoms with Crippen molar-refractivity contribution in [3.8, 4) is 6.07 Å². The summed E-state index contributed by atoms with van der Waals surface area (Å²) < 4.78 is 7.12. The lowest BCUT2D eigenvalue weighted by atomic mass is 10.2. The molecule has 7 nitrogen and oxygen atoms in total. The van der Waals surface area contributed by atoms with Crippen LogP contribution in [0.5, 0.6) is 0 Å². The Labute approximate surface area is 151 Å². The first-order chi connectivity index (χ1) is 12.7. The topological polar surface area (TPSA) is 87.1 Å². The highest BCUT2D eigenvalue weighted by molar-refractivity contribution is 5.89. The average Bonchev–Trinajstić information content (AvgIpc) is 3.33. The van der Waals surface area contributed by atoms with Crippen molar-refractivity contribution in [2.75, 3.05) is 11.9 Å². The first-order valence-corrected chi connectivity index (χ1v) is 8.26. The maximum absolute atomic E-state index is 12.6. The third kappa shape index (κ3) is 4.74. The van der Waals surface area contributed by atoms with E-state index in [1.165, 1.54) is 0 Å². The number of urea groups is 1. The highest BCUT2D eigenvalue weighted by Crippen LogP contribution is 2.14. The van der Waals surface area contributed by atoms with E-state index in [4.69, 9.17) is 9.68 Å². The third-order valence-electron chi connectivity index (χ3n) is 3.79. The van der Waals surface area contributed by atoms with Crippen LogP contribution in [-0.2, 0) is 13.1 Å². The number of rotatable bonds is 7. The second-order valence-electron chi connectivity index (χ2n) is 5.74. The monoisotopic (exact) mass is 349 g/mol. The van der Waals surface area contributed by atoms with E-state index >= 15 is 0 Å². The van der Waals surface area contributed by atoms with Crippen LogP contribution in [0.1, 0.15) is 17.7 Å². The lowest BCUT2D eigenvalue weighted by molar-refractivity contribution is 0.205. The fraction of sp³-hybridized carbons (Fsp3) is 0.211. The van der Waals surface area contributed by atoms with Gasteiger partial charge in [-0.3, -0.25) is 4.68 Å². The minimum Gasteiger partial charge on any atom is -0.467 e. The van der Waals surface area contributed by atoms with Crippen molar-refractivity contribution >= 4 is 11.7 Å². The molecule has 0 unspecified atom stereocenters. The van der Waals surface area contributed by atoms with Crippen LogP contribution in [0.2, 0.25) is 0 Å². The zero-order valence-corrected chi connectivity index (χ0v) is 14.2. The van der Waals surface area contributed by atoms with Gasteiger partial charge in [0.15, 0.2) is 0 Å². The number of carbonyl (C=O) groups is 1. The van der Waals surface area contributed by atoms with E-state index < -0.39 is 0 Å². The van der Waals surface area contributed by atoms with Gasteiger partial charge in [-0.05, 0) is 35.9 Å². The van der Waals surface area contributed by atoms with Crippen LogP contribution < -0.4 is 5.32 Å². The van der Waals surface area contributed by atoms with Crippen LogP contribution in [0.4, 0.5) is 10.5 Å². The fourth-order valence-corrected chi connectivity index (χ4v) is 2.56. The lowest BCUT2D eigenvalue weighted by Gasteiger charge is -2.21. The highest BCUT2D eigenvalue weighted by Gasteiger charge is 2.15. The van der Waals surface area contributed by atoms with Crippen LogP contribution in [-0.4, -0.2) is 27.3 Å². The van der Waals surface area contributed by atoms with E-state index in [1.807, 2.05) is 41.2 Å². The van der Waals surface area contributed by atoms with Crippen molar-refractivity contribution < 1.29 is 9.21 Å². The molecule has 0 aliphatic carbocycles. The smallest absolute Gasteiger partial charge is 0.322 e. The molecule has 0 spiro atoms. The first-order valence-electron chi connectivity index (χ1n) is 8.26. The molecular weight excluding hydrogens is 330 g/mol. The van der Waals surface area contributed by atoms with Gasteiger partial charge in [0.05, 0.1) is 31.8 Å². The molecule has 1 aromatic carbocycles. The van der Waals surface area contributed by atoms with Gasteiger partial charge in [-0.2, -0.15) is 10.4 Å². The number of nitriles is 1. The molecule has 7 heteroatoms. The molecule has 2 aromatic heterocycles. The molecule has 0 saturated carbocycles. The Morgan fingerprint density at radius 1 is 1.31 bits per heavy atom. The Morgan fingerprint density at radius 2 is 2.23 bits per heavy atom. The molecule has 3 rings (SSSR count). The SMILES string of the molecule is N#CCCN(Cc1ccco1)C(=O)Nc1cccc(Cn2cccn2)c1. The Morgan fingerprint density at radius 3 is 2.96 bits per heavy atom. The molecule has 0 radical (unpaired) electrons. The van der Waals surface area contributed by atoms with Gasteiger partial charge in [0, 0.05) is 24.6 Å². The first kappa shape index (κ1) is 17.3.